The molecule has 0 aliphatic rings. The first-order valence-corrected chi connectivity index (χ1v) is 6.93. The molecule has 0 amide bonds. The molecule has 20 heavy (non-hydrogen) atoms. The number of rotatable bonds is 5. The van der Waals surface area contributed by atoms with E-state index in [4.69, 9.17) is 0 Å². The van der Waals surface area contributed by atoms with Crippen molar-refractivity contribution in [2.75, 3.05) is 0 Å². The molecule has 0 aromatic heterocycles. The summed E-state index contributed by atoms with van der Waals surface area (Å²) in [6, 6.07) is 19.0. The minimum Gasteiger partial charge on any atom is -0.344 e. The summed E-state index contributed by atoms with van der Waals surface area (Å²) < 4.78 is 15.6. The third-order valence-corrected chi connectivity index (χ3v) is 3.53. The van der Waals surface area contributed by atoms with Gasteiger partial charge in [-0.2, -0.15) is 0 Å². The summed E-state index contributed by atoms with van der Waals surface area (Å²) >= 11 is 0. The predicted molar refractivity (Wildman–Crippen MR) is 83.9 cm³/mol. The summed E-state index contributed by atoms with van der Waals surface area (Å²) in [7, 11) is 0. The second-order valence-corrected chi connectivity index (χ2v) is 5.47. The van der Waals surface area contributed by atoms with Gasteiger partial charge in [0.1, 0.15) is 0 Å². The van der Waals surface area contributed by atoms with Gasteiger partial charge in [0.05, 0.1) is 0 Å². The van der Waals surface area contributed by atoms with Crippen molar-refractivity contribution in [3.63, 3.8) is 0 Å². The Labute approximate surface area is 121 Å². The van der Waals surface area contributed by atoms with Crippen LogP contribution in [0.2, 0.25) is 0 Å². The molecule has 3 N–H and O–H groups in total. The molecule has 2 aromatic rings. The molecule has 0 atom stereocenters. The van der Waals surface area contributed by atoms with Crippen LogP contribution < -0.4 is 6.15 Å². The van der Waals surface area contributed by atoms with Gasteiger partial charge in [-0.15, -0.1) is 0 Å². The Morgan fingerprint density at radius 3 is 1.60 bits per heavy atom. The van der Waals surface area contributed by atoms with Crippen LogP contribution >= 0.6 is 0 Å². The standard InChI is InChI=1S/C18H21F.H3N/c1-15(2)13-14-18(19,16-9-5-3-6-10-16)17-11-7-4-8-12-17;/h3-12,15H,13-14H2,1-2H3;1H3. The Bertz CT molecular complexity index is 454. The van der Waals surface area contributed by atoms with Gasteiger partial charge in [0.2, 0.25) is 0 Å². The van der Waals surface area contributed by atoms with E-state index in [0.717, 1.165) is 17.5 Å². The maximum atomic E-state index is 15.6. The van der Waals surface area contributed by atoms with E-state index < -0.39 is 5.67 Å². The highest BCUT2D eigenvalue weighted by Crippen LogP contribution is 2.39. The molecule has 0 unspecified atom stereocenters. The van der Waals surface area contributed by atoms with Crippen molar-refractivity contribution in [3.8, 4) is 0 Å². The van der Waals surface area contributed by atoms with E-state index in [1.165, 1.54) is 0 Å². The van der Waals surface area contributed by atoms with E-state index >= 15 is 4.39 Å². The van der Waals surface area contributed by atoms with Crippen LogP contribution in [-0.4, -0.2) is 0 Å². The molecule has 0 bridgehead atoms. The first kappa shape index (κ1) is 16.4. The lowest BCUT2D eigenvalue weighted by atomic mass is 9.83. The van der Waals surface area contributed by atoms with Gasteiger partial charge in [0.15, 0.2) is 5.67 Å². The molecule has 0 saturated heterocycles. The summed E-state index contributed by atoms with van der Waals surface area (Å²) in [5.74, 6) is 0.502. The van der Waals surface area contributed by atoms with Crippen molar-refractivity contribution >= 4 is 0 Å². The highest BCUT2D eigenvalue weighted by Gasteiger charge is 2.33. The number of alkyl halides is 1. The molecule has 0 fully saturated rings. The monoisotopic (exact) mass is 273 g/mol. The van der Waals surface area contributed by atoms with Gasteiger partial charge in [0, 0.05) is 0 Å². The van der Waals surface area contributed by atoms with Crippen LogP contribution in [0.3, 0.4) is 0 Å². The number of halogens is 1. The lowest BCUT2D eigenvalue weighted by Crippen LogP contribution is -2.22. The van der Waals surface area contributed by atoms with Crippen LogP contribution in [0.4, 0.5) is 4.39 Å². The zero-order valence-electron chi connectivity index (χ0n) is 12.4. The molecule has 2 aromatic carbocycles. The highest BCUT2D eigenvalue weighted by atomic mass is 19.1. The van der Waals surface area contributed by atoms with Gasteiger partial charge in [-0.1, -0.05) is 74.5 Å². The van der Waals surface area contributed by atoms with E-state index in [1.807, 2.05) is 60.7 Å². The van der Waals surface area contributed by atoms with Crippen LogP contribution in [0.25, 0.3) is 0 Å². The highest BCUT2D eigenvalue weighted by molar-refractivity contribution is 5.35. The molecule has 1 nitrogen and oxygen atoms in total. The van der Waals surface area contributed by atoms with Crippen LogP contribution in [0.1, 0.15) is 37.8 Å². The fourth-order valence-electron chi connectivity index (χ4n) is 2.35. The SMILES string of the molecule is CC(C)CCC(F)(c1ccccc1)c1ccccc1.N. The zero-order valence-corrected chi connectivity index (χ0v) is 12.4. The van der Waals surface area contributed by atoms with E-state index in [9.17, 15) is 0 Å². The van der Waals surface area contributed by atoms with Gasteiger partial charge in [-0.05, 0) is 29.9 Å². The zero-order chi connectivity index (χ0) is 13.7. The van der Waals surface area contributed by atoms with Crippen molar-refractivity contribution in [1.82, 2.24) is 6.15 Å². The van der Waals surface area contributed by atoms with Gasteiger partial charge in [0.25, 0.3) is 0 Å². The molecule has 2 rings (SSSR count). The summed E-state index contributed by atoms with van der Waals surface area (Å²) in [4.78, 5) is 0. The molecule has 0 heterocycles. The second kappa shape index (κ2) is 7.20. The average Bonchev–Trinajstić information content (AvgIpc) is 2.46. The van der Waals surface area contributed by atoms with Crippen LogP contribution in [0.15, 0.2) is 60.7 Å². The second-order valence-electron chi connectivity index (χ2n) is 5.47. The Balaban J connectivity index is 0.00000200. The van der Waals surface area contributed by atoms with Gasteiger partial charge in [-0.3, -0.25) is 0 Å². The van der Waals surface area contributed by atoms with Crippen molar-refractivity contribution in [1.29, 1.82) is 0 Å². The van der Waals surface area contributed by atoms with E-state index in [0.29, 0.717) is 12.3 Å². The largest absolute Gasteiger partial charge is 0.344 e. The first-order chi connectivity index (χ1) is 9.13. The molecule has 0 saturated carbocycles. The quantitative estimate of drug-likeness (QED) is 0.767. The molecule has 2 heteroatoms. The predicted octanol–water partition coefficient (Wildman–Crippen LogP) is 5.50. The van der Waals surface area contributed by atoms with Gasteiger partial charge < -0.3 is 6.15 Å². The maximum Gasteiger partial charge on any atom is 0.161 e. The summed E-state index contributed by atoms with van der Waals surface area (Å²) in [5.41, 5.74) is 0.121. The van der Waals surface area contributed by atoms with Crippen LogP contribution in [0, 0.1) is 5.92 Å². The maximum absolute atomic E-state index is 15.6. The number of hydrogen-bond donors (Lipinski definition) is 1. The average molecular weight is 273 g/mol. The number of hydrogen-bond acceptors (Lipinski definition) is 1. The Hall–Kier alpha value is -1.67. The molecule has 108 valence electrons. The van der Waals surface area contributed by atoms with Crippen LogP contribution in [0.5, 0.6) is 0 Å². The minimum atomic E-state index is -1.38. The summed E-state index contributed by atoms with van der Waals surface area (Å²) in [6.45, 7) is 4.27. The molecular formula is C18H24FN. The van der Waals surface area contributed by atoms with Crippen molar-refractivity contribution in [3.05, 3.63) is 71.8 Å². The molecule has 0 aliphatic carbocycles. The van der Waals surface area contributed by atoms with E-state index in [-0.39, 0.29) is 6.15 Å². The molecule has 0 aliphatic heterocycles. The fraction of sp³-hybridized carbons (Fsp3) is 0.333. The summed E-state index contributed by atoms with van der Waals surface area (Å²) in [5, 5.41) is 0. The van der Waals surface area contributed by atoms with Gasteiger partial charge in [-0.25, -0.2) is 4.39 Å². The fourth-order valence-corrected chi connectivity index (χ4v) is 2.35. The lowest BCUT2D eigenvalue weighted by molar-refractivity contribution is 0.192. The third kappa shape index (κ3) is 3.67. The Kier molecular flexibility index (Phi) is 5.90. The Morgan fingerprint density at radius 2 is 1.25 bits per heavy atom. The first-order valence-electron chi connectivity index (χ1n) is 6.93. The third-order valence-electron chi connectivity index (χ3n) is 3.53. The summed E-state index contributed by atoms with van der Waals surface area (Å²) in [6.07, 6.45) is 1.40. The molecular weight excluding hydrogens is 249 g/mol. The topological polar surface area (TPSA) is 35.0 Å². The van der Waals surface area contributed by atoms with Gasteiger partial charge >= 0.3 is 0 Å². The Morgan fingerprint density at radius 1 is 0.850 bits per heavy atom. The minimum absolute atomic E-state index is 0. The number of benzene rings is 2. The van der Waals surface area contributed by atoms with E-state index in [1.54, 1.807) is 0 Å². The normalized spacial score (nSPS) is 11.2. The van der Waals surface area contributed by atoms with E-state index in [2.05, 4.69) is 13.8 Å². The molecule has 0 spiro atoms. The van der Waals surface area contributed by atoms with Crippen molar-refractivity contribution in [2.24, 2.45) is 5.92 Å². The lowest BCUT2D eigenvalue weighted by Gasteiger charge is -2.27. The molecule has 0 radical (unpaired) electrons. The van der Waals surface area contributed by atoms with Crippen molar-refractivity contribution < 1.29 is 4.39 Å². The van der Waals surface area contributed by atoms with Crippen LogP contribution in [-0.2, 0) is 5.67 Å². The van der Waals surface area contributed by atoms with Crippen molar-refractivity contribution in [2.45, 2.75) is 32.4 Å². The smallest absolute Gasteiger partial charge is 0.161 e.